The van der Waals surface area contributed by atoms with Crippen molar-refractivity contribution in [2.45, 2.75) is 13.5 Å². The Balaban J connectivity index is 1.65. The molecule has 1 heterocycles. The van der Waals surface area contributed by atoms with Crippen molar-refractivity contribution in [2.24, 2.45) is 5.10 Å². The molecule has 0 N–H and O–H groups in total. The highest BCUT2D eigenvalue weighted by molar-refractivity contribution is 6.33. The van der Waals surface area contributed by atoms with Gasteiger partial charge in [0.2, 0.25) is 5.82 Å². The smallest absolute Gasteiger partial charge is 0.280 e. The molecule has 1 amide bonds. The summed E-state index contributed by atoms with van der Waals surface area (Å²) in [6, 6.07) is 9.87. The molecule has 0 fully saturated rings. The average Bonchev–Trinajstić information content (AvgIpc) is 3.14. The first-order valence-corrected chi connectivity index (χ1v) is 11.2. The van der Waals surface area contributed by atoms with Crippen molar-refractivity contribution in [3.05, 3.63) is 92.2 Å². The van der Waals surface area contributed by atoms with Crippen molar-refractivity contribution in [3.63, 3.8) is 0 Å². The third-order valence-corrected chi connectivity index (χ3v) is 5.85. The van der Waals surface area contributed by atoms with Crippen LogP contribution < -0.4 is 14.5 Å². The number of rotatable bonds is 6. The second-order valence-corrected chi connectivity index (χ2v) is 8.57. The van der Waals surface area contributed by atoms with Crippen LogP contribution in [0.5, 0.6) is 11.5 Å². The number of hydrogen-bond acceptors (Lipinski definition) is 4. The first-order valence-electron chi connectivity index (χ1n) is 10.4. The van der Waals surface area contributed by atoms with Gasteiger partial charge in [-0.2, -0.15) is 10.1 Å². The van der Waals surface area contributed by atoms with Gasteiger partial charge in [0.15, 0.2) is 34.8 Å². The third-order valence-electron chi connectivity index (χ3n) is 5.32. The minimum Gasteiger partial charge on any atom is -0.493 e. The highest BCUT2D eigenvalue weighted by Gasteiger charge is 2.37. The summed E-state index contributed by atoms with van der Waals surface area (Å²) >= 11 is 12.3. The molecule has 3 aromatic carbocycles. The molecule has 1 aliphatic heterocycles. The molecule has 192 valence electrons. The third kappa shape index (κ3) is 4.99. The van der Waals surface area contributed by atoms with E-state index in [0.717, 1.165) is 5.56 Å². The van der Waals surface area contributed by atoms with Gasteiger partial charge >= 0.3 is 0 Å². The van der Waals surface area contributed by atoms with E-state index in [1.54, 1.807) is 24.3 Å². The molecule has 12 heteroatoms. The fraction of sp³-hybridized carbons (Fsp3) is 0.120. The van der Waals surface area contributed by atoms with Gasteiger partial charge in [-0.3, -0.25) is 4.79 Å². The Bertz CT molecular complexity index is 1450. The number of ether oxygens (including phenoxy) is 2. The molecule has 0 aliphatic carbocycles. The SMILES string of the molecule is COc1cc(/C=C2/C(=O)N(c3c(F)c(F)c(F)c(F)c3F)N=C2C)cc(Cl)c1OCc1ccc(Cl)cc1. The first-order chi connectivity index (χ1) is 17.5. The fourth-order valence-electron chi connectivity index (χ4n) is 3.48. The van der Waals surface area contributed by atoms with Crippen LogP contribution in [-0.2, 0) is 11.4 Å². The van der Waals surface area contributed by atoms with Gasteiger partial charge in [0.05, 0.1) is 23.4 Å². The number of anilines is 1. The lowest BCUT2D eigenvalue weighted by atomic mass is 10.1. The fourth-order valence-corrected chi connectivity index (χ4v) is 3.88. The Kier molecular flexibility index (Phi) is 7.42. The summed E-state index contributed by atoms with van der Waals surface area (Å²) in [6.07, 6.45) is 1.28. The maximum Gasteiger partial charge on any atom is 0.280 e. The van der Waals surface area contributed by atoms with Gasteiger partial charge in [0.1, 0.15) is 12.3 Å². The zero-order chi connectivity index (χ0) is 27.0. The van der Waals surface area contributed by atoms with Gasteiger partial charge in [-0.15, -0.1) is 0 Å². The summed E-state index contributed by atoms with van der Waals surface area (Å²) < 4.78 is 80.4. The van der Waals surface area contributed by atoms with E-state index in [1.165, 1.54) is 32.2 Å². The maximum atomic E-state index is 14.3. The molecule has 0 radical (unpaired) electrons. The quantitative estimate of drug-likeness (QED) is 0.141. The number of carbonyl (C=O) groups excluding carboxylic acids is 1. The van der Waals surface area contributed by atoms with Crippen molar-refractivity contribution in [3.8, 4) is 11.5 Å². The Labute approximate surface area is 217 Å². The maximum absolute atomic E-state index is 14.3. The van der Waals surface area contributed by atoms with E-state index < -0.39 is 40.7 Å². The minimum absolute atomic E-state index is 0.0351. The average molecular weight is 557 g/mol. The Morgan fingerprint density at radius 2 is 1.54 bits per heavy atom. The summed E-state index contributed by atoms with van der Waals surface area (Å²) in [4.78, 5) is 12.9. The Hall–Kier alpha value is -3.63. The lowest BCUT2D eigenvalue weighted by molar-refractivity contribution is -0.114. The van der Waals surface area contributed by atoms with E-state index in [1.807, 2.05) is 0 Å². The van der Waals surface area contributed by atoms with Crippen LogP contribution >= 0.6 is 23.2 Å². The highest BCUT2D eigenvalue weighted by atomic mass is 35.5. The molecule has 0 saturated carbocycles. The van der Waals surface area contributed by atoms with E-state index in [4.69, 9.17) is 32.7 Å². The minimum atomic E-state index is -2.35. The zero-order valence-corrected chi connectivity index (χ0v) is 20.5. The predicted molar refractivity (Wildman–Crippen MR) is 129 cm³/mol. The standard InChI is InChI=1S/C25H15Cl2F5N2O3/c1-11-15(25(35)34(33-11)23-21(31)19(29)18(28)20(30)22(23)32)7-13-8-16(27)24(17(9-13)36-2)37-10-12-3-5-14(26)6-4-12/h3-9H,10H2,1-2H3/b15-7+. The summed E-state index contributed by atoms with van der Waals surface area (Å²) in [5, 5.41) is 4.51. The van der Waals surface area contributed by atoms with E-state index in [-0.39, 0.29) is 39.4 Å². The summed E-state index contributed by atoms with van der Waals surface area (Å²) in [7, 11) is 1.37. The number of amides is 1. The zero-order valence-electron chi connectivity index (χ0n) is 19.0. The molecule has 0 bridgehead atoms. The van der Waals surface area contributed by atoms with Crippen LogP contribution in [0.2, 0.25) is 10.0 Å². The molecular formula is C25H15Cl2F5N2O3. The monoisotopic (exact) mass is 556 g/mol. The van der Waals surface area contributed by atoms with Crippen LogP contribution in [0.25, 0.3) is 6.08 Å². The molecule has 1 aliphatic rings. The number of nitrogens with zero attached hydrogens (tertiary/aromatic N) is 2. The van der Waals surface area contributed by atoms with Crippen molar-refractivity contribution < 1.29 is 36.2 Å². The highest BCUT2D eigenvalue weighted by Crippen LogP contribution is 2.39. The van der Waals surface area contributed by atoms with Gasteiger partial charge in [0.25, 0.3) is 5.91 Å². The van der Waals surface area contributed by atoms with Gasteiger partial charge in [-0.05, 0) is 48.4 Å². The van der Waals surface area contributed by atoms with E-state index in [9.17, 15) is 26.7 Å². The second-order valence-electron chi connectivity index (χ2n) is 7.73. The molecule has 5 nitrogen and oxygen atoms in total. The van der Waals surface area contributed by atoms with Crippen LogP contribution in [0, 0.1) is 29.1 Å². The van der Waals surface area contributed by atoms with Crippen molar-refractivity contribution in [2.75, 3.05) is 12.1 Å². The van der Waals surface area contributed by atoms with Crippen LogP contribution in [0.4, 0.5) is 27.6 Å². The molecule has 0 spiro atoms. The number of hydrogen-bond donors (Lipinski definition) is 0. The molecule has 0 unspecified atom stereocenters. The predicted octanol–water partition coefficient (Wildman–Crippen LogP) is 7.08. The van der Waals surface area contributed by atoms with Crippen LogP contribution in [-0.4, -0.2) is 18.7 Å². The molecule has 3 aromatic rings. The van der Waals surface area contributed by atoms with Crippen LogP contribution in [0.3, 0.4) is 0 Å². The van der Waals surface area contributed by atoms with E-state index in [2.05, 4.69) is 5.10 Å². The molecule has 0 atom stereocenters. The topological polar surface area (TPSA) is 51.1 Å². The first kappa shape index (κ1) is 26.4. The number of benzene rings is 3. The number of hydrazone groups is 1. The molecule has 4 rings (SSSR count). The van der Waals surface area contributed by atoms with E-state index >= 15 is 0 Å². The molecule has 37 heavy (non-hydrogen) atoms. The molecule has 0 aromatic heterocycles. The lowest BCUT2D eigenvalue weighted by Gasteiger charge is -2.15. The van der Waals surface area contributed by atoms with Gasteiger partial charge in [-0.1, -0.05) is 35.3 Å². The van der Waals surface area contributed by atoms with Crippen molar-refractivity contribution in [1.29, 1.82) is 0 Å². The normalized spacial score (nSPS) is 14.4. The van der Waals surface area contributed by atoms with Crippen LogP contribution in [0.15, 0.2) is 47.1 Å². The summed E-state index contributed by atoms with van der Waals surface area (Å²) in [6.45, 7) is 1.48. The molecule has 0 saturated heterocycles. The van der Waals surface area contributed by atoms with Crippen molar-refractivity contribution >= 4 is 46.6 Å². The van der Waals surface area contributed by atoms with Crippen LogP contribution in [0.1, 0.15) is 18.1 Å². The van der Waals surface area contributed by atoms with Crippen molar-refractivity contribution in [1.82, 2.24) is 0 Å². The summed E-state index contributed by atoms with van der Waals surface area (Å²) in [5.74, 6) is -11.8. The summed E-state index contributed by atoms with van der Waals surface area (Å²) in [5.41, 5.74) is -0.558. The molecular weight excluding hydrogens is 542 g/mol. The lowest BCUT2D eigenvalue weighted by Crippen LogP contribution is -2.25. The van der Waals surface area contributed by atoms with E-state index in [0.29, 0.717) is 10.6 Å². The second kappa shape index (κ2) is 10.4. The van der Waals surface area contributed by atoms with Gasteiger partial charge in [-0.25, -0.2) is 22.0 Å². The number of halogens is 7. The largest absolute Gasteiger partial charge is 0.493 e. The number of carbonyl (C=O) groups is 1. The Morgan fingerprint density at radius 3 is 2.14 bits per heavy atom. The Morgan fingerprint density at radius 1 is 0.946 bits per heavy atom. The van der Waals surface area contributed by atoms with Gasteiger partial charge in [0, 0.05) is 5.02 Å². The van der Waals surface area contributed by atoms with Gasteiger partial charge < -0.3 is 9.47 Å². The number of methoxy groups -OCH3 is 1.